The van der Waals surface area contributed by atoms with E-state index in [0.29, 0.717) is 0 Å². The van der Waals surface area contributed by atoms with Crippen molar-refractivity contribution < 1.29 is 4.39 Å². The van der Waals surface area contributed by atoms with Crippen LogP contribution in [0.5, 0.6) is 0 Å². The highest BCUT2D eigenvalue weighted by Crippen LogP contribution is 2.35. The fourth-order valence-electron chi connectivity index (χ4n) is 5.67. The zero-order chi connectivity index (χ0) is 25.5. The first-order valence-electron chi connectivity index (χ1n) is 13.2. The molecule has 0 bridgehead atoms. The summed E-state index contributed by atoms with van der Waals surface area (Å²) in [7, 11) is 0. The number of likely N-dealkylation sites (tertiary alicyclic amines) is 1. The maximum absolute atomic E-state index is 13.5. The molecule has 0 unspecified atom stereocenters. The lowest BCUT2D eigenvalue weighted by atomic mass is 10.0. The predicted octanol–water partition coefficient (Wildman–Crippen LogP) is 7.57. The fourth-order valence-corrected chi connectivity index (χ4v) is 5.67. The van der Waals surface area contributed by atoms with Gasteiger partial charge in [-0.15, -0.1) is 0 Å². The van der Waals surface area contributed by atoms with Crippen LogP contribution in [0.2, 0.25) is 0 Å². The number of nitrogens with one attached hydrogen (secondary N) is 2. The van der Waals surface area contributed by atoms with E-state index in [1.165, 1.54) is 50.0 Å². The normalized spacial score (nSPS) is 14.4. The smallest absolute Gasteiger partial charge is 0.123 e. The molecule has 0 aliphatic carbocycles. The Morgan fingerprint density at radius 2 is 1.61 bits per heavy atom. The van der Waals surface area contributed by atoms with E-state index >= 15 is 0 Å². The maximum Gasteiger partial charge on any atom is 0.123 e. The summed E-state index contributed by atoms with van der Waals surface area (Å²) in [6.45, 7) is 3.29. The second-order valence-corrected chi connectivity index (χ2v) is 10.2. The molecule has 0 spiro atoms. The van der Waals surface area contributed by atoms with Gasteiger partial charge in [0.2, 0.25) is 0 Å². The number of fused-ring (bicyclic) bond motifs is 2. The van der Waals surface area contributed by atoms with Gasteiger partial charge in [-0.3, -0.25) is 15.0 Å². The van der Waals surface area contributed by atoms with Crippen LogP contribution in [-0.2, 0) is 6.54 Å². The van der Waals surface area contributed by atoms with Crippen molar-refractivity contribution in [3.05, 3.63) is 96.6 Å². The van der Waals surface area contributed by atoms with Gasteiger partial charge in [0.1, 0.15) is 11.5 Å². The molecule has 3 aromatic heterocycles. The standard InChI is InChI=1S/C32H28FN5/c33-25-10-7-22(8-11-25)26-5-4-6-29-27(26)17-31(35-29)32-28-16-23(9-12-30(28)36-37-32)24-15-21(18-34-19-24)20-38-13-2-1-3-14-38/h4-12,15-19,35H,1-3,13-14,20H2,(H,36,37). The molecule has 38 heavy (non-hydrogen) atoms. The van der Waals surface area contributed by atoms with Crippen LogP contribution in [0.4, 0.5) is 4.39 Å². The summed E-state index contributed by atoms with van der Waals surface area (Å²) in [5.74, 6) is -0.235. The monoisotopic (exact) mass is 501 g/mol. The number of nitrogens with zero attached hydrogens (tertiary/aromatic N) is 3. The topological polar surface area (TPSA) is 60.6 Å². The second kappa shape index (κ2) is 9.54. The van der Waals surface area contributed by atoms with Gasteiger partial charge in [0.15, 0.2) is 0 Å². The molecule has 1 saturated heterocycles. The summed E-state index contributed by atoms with van der Waals surface area (Å²) in [5, 5.41) is 10.0. The van der Waals surface area contributed by atoms with Gasteiger partial charge in [-0.2, -0.15) is 5.10 Å². The maximum atomic E-state index is 13.5. The Hall–Kier alpha value is -4.29. The molecule has 0 radical (unpaired) electrons. The molecule has 2 N–H and O–H groups in total. The lowest BCUT2D eigenvalue weighted by Gasteiger charge is -2.26. The molecular weight excluding hydrogens is 473 g/mol. The van der Waals surface area contributed by atoms with Gasteiger partial charge in [-0.25, -0.2) is 4.39 Å². The highest BCUT2D eigenvalue weighted by Gasteiger charge is 2.15. The largest absolute Gasteiger partial charge is 0.353 e. The third kappa shape index (κ3) is 4.27. The fraction of sp³-hybridized carbons (Fsp3) is 0.188. The summed E-state index contributed by atoms with van der Waals surface area (Å²) in [4.78, 5) is 10.6. The number of pyridine rings is 1. The number of aromatic nitrogens is 4. The van der Waals surface area contributed by atoms with E-state index in [-0.39, 0.29) is 5.82 Å². The second-order valence-electron chi connectivity index (χ2n) is 10.2. The average Bonchev–Trinajstić information content (AvgIpc) is 3.58. The highest BCUT2D eigenvalue weighted by molar-refractivity contribution is 6.01. The Bertz CT molecular complexity index is 1740. The van der Waals surface area contributed by atoms with E-state index in [0.717, 1.165) is 62.0 Å². The molecule has 1 fully saturated rings. The number of benzene rings is 3. The van der Waals surface area contributed by atoms with Crippen LogP contribution in [0.25, 0.3) is 55.4 Å². The molecule has 5 nitrogen and oxygen atoms in total. The lowest BCUT2D eigenvalue weighted by molar-refractivity contribution is 0.220. The van der Waals surface area contributed by atoms with Gasteiger partial charge < -0.3 is 4.98 Å². The molecule has 6 aromatic rings. The molecule has 4 heterocycles. The summed E-state index contributed by atoms with van der Waals surface area (Å²) in [6.07, 6.45) is 7.84. The van der Waals surface area contributed by atoms with E-state index in [1.54, 1.807) is 0 Å². The van der Waals surface area contributed by atoms with E-state index in [4.69, 9.17) is 0 Å². The van der Waals surface area contributed by atoms with Crippen LogP contribution in [0.1, 0.15) is 24.8 Å². The summed E-state index contributed by atoms with van der Waals surface area (Å²) >= 11 is 0. The van der Waals surface area contributed by atoms with Crippen LogP contribution in [0, 0.1) is 5.82 Å². The minimum atomic E-state index is -0.235. The average molecular weight is 502 g/mol. The van der Waals surface area contributed by atoms with Gasteiger partial charge >= 0.3 is 0 Å². The number of aromatic amines is 2. The first-order chi connectivity index (χ1) is 18.7. The van der Waals surface area contributed by atoms with E-state index < -0.39 is 0 Å². The minimum Gasteiger partial charge on any atom is -0.353 e. The summed E-state index contributed by atoms with van der Waals surface area (Å²) < 4.78 is 13.5. The summed E-state index contributed by atoms with van der Waals surface area (Å²) in [6, 6.07) is 23.6. The van der Waals surface area contributed by atoms with Crippen molar-refractivity contribution >= 4 is 21.8 Å². The number of H-pyrrole nitrogens is 2. The molecular formula is C32H28FN5. The van der Waals surface area contributed by atoms with Gasteiger partial charge in [0.05, 0.1) is 11.2 Å². The van der Waals surface area contributed by atoms with E-state index in [1.807, 2.05) is 30.6 Å². The molecule has 0 saturated carbocycles. The van der Waals surface area contributed by atoms with Crippen molar-refractivity contribution in [1.29, 1.82) is 0 Å². The molecule has 1 aliphatic rings. The molecule has 3 aromatic carbocycles. The van der Waals surface area contributed by atoms with Crippen LogP contribution in [-0.4, -0.2) is 38.2 Å². The quantitative estimate of drug-likeness (QED) is 0.256. The summed E-state index contributed by atoms with van der Waals surface area (Å²) in [5.41, 5.74) is 9.34. The molecule has 7 rings (SSSR count). The van der Waals surface area contributed by atoms with Gasteiger partial charge in [0.25, 0.3) is 0 Å². The number of hydrogen-bond donors (Lipinski definition) is 2. The zero-order valence-electron chi connectivity index (χ0n) is 21.0. The first-order valence-corrected chi connectivity index (χ1v) is 13.2. The van der Waals surface area contributed by atoms with Gasteiger partial charge in [-0.1, -0.05) is 36.8 Å². The molecule has 0 amide bonds. The highest BCUT2D eigenvalue weighted by atomic mass is 19.1. The Balaban J connectivity index is 1.25. The Labute approximate surface area is 220 Å². The Kier molecular flexibility index (Phi) is 5.74. The Morgan fingerprint density at radius 3 is 2.47 bits per heavy atom. The van der Waals surface area contributed by atoms with Crippen molar-refractivity contribution in [2.45, 2.75) is 25.8 Å². The third-order valence-corrected chi connectivity index (χ3v) is 7.62. The number of hydrogen-bond acceptors (Lipinski definition) is 3. The molecule has 0 atom stereocenters. The molecule has 1 aliphatic heterocycles. The van der Waals surface area contributed by atoms with Crippen molar-refractivity contribution in [2.75, 3.05) is 13.1 Å². The number of halogens is 1. The van der Waals surface area contributed by atoms with Crippen molar-refractivity contribution in [2.24, 2.45) is 0 Å². The van der Waals surface area contributed by atoms with E-state index in [9.17, 15) is 4.39 Å². The van der Waals surface area contributed by atoms with Gasteiger partial charge in [-0.05, 0) is 90.6 Å². The van der Waals surface area contributed by atoms with Crippen molar-refractivity contribution in [3.63, 3.8) is 0 Å². The predicted molar refractivity (Wildman–Crippen MR) is 151 cm³/mol. The number of piperidine rings is 1. The first kappa shape index (κ1) is 22.9. The minimum absolute atomic E-state index is 0.235. The van der Waals surface area contributed by atoms with E-state index in [2.05, 4.69) is 67.5 Å². The van der Waals surface area contributed by atoms with Crippen LogP contribution in [0.3, 0.4) is 0 Å². The number of rotatable bonds is 5. The van der Waals surface area contributed by atoms with Crippen molar-refractivity contribution in [3.8, 4) is 33.6 Å². The zero-order valence-corrected chi connectivity index (χ0v) is 21.0. The van der Waals surface area contributed by atoms with Crippen LogP contribution >= 0.6 is 0 Å². The SMILES string of the molecule is Fc1ccc(-c2cccc3[nH]c(-c4n[nH]c5ccc(-c6cncc(CN7CCCCC7)c6)cc45)cc23)cc1. The third-order valence-electron chi connectivity index (χ3n) is 7.62. The van der Waals surface area contributed by atoms with Crippen molar-refractivity contribution in [1.82, 2.24) is 25.1 Å². The lowest BCUT2D eigenvalue weighted by Crippen LogP contribution is -2.29. The van der Waals surface area contributed by atoms with Crippen LogP contribution < -0.4 is 0 Å². The Morgan fingerprint density at radius 1 is 0.763 bits per heavy atom. The van der Waals surface area contributed by atoms with Crippen LogP contribution in [0.15, 0.2) is 85.2 Å². The van der Waals surface area contributed by atoms with Gasteiger partial charge in [0, 0.05) is 40.8 Å². The molecule has 188 valence electrons. The molecule has 6 heteroatoms.